The van der Waals surface area contributed by atoms with Crippen LogP contribution in [0.15, 0.2) is 30.3 Å². The molecule has 4 rings (SSSR count). The monoisotopic (exact) mass is 469 g/mol. The van der Waals surface area contributed by atoms with Gasteiger partial charge in [0, 0.05) is 25.7 Å². The van der Waals surface area contributed by atoms with Crippen molar-refractivity contribution < 1.29 is 14.4 Å². The Kier molecular flexibility index (Phi) is 7.88. The molecule has 8 nitrogen and oxygen atoms in total. The van der Waals surface area contributed by atoms with Crippen molar-refractivity contribution in [3.8, 4) is 0 Å². The van der Waals surface area contributed by atoms with Crippen LogP contribution >= 0.6 is 0 Å². The van der Waals surface area contributed by atoms with Crippen LogP contribution in [-0.4, -0.2) is 59.4 Å². The number of nitrogens with one attached hydrogen (secondary N) is 3. The number of amides is 4. The largest absolute Gasteiger partial charge is 0.344 e. The second kappa shape index (κ2) is 10.9. The van der Waals surface area contributed by atoms with E-state index in [0.29, 0.717) is 37.4 Å². The second-order valence-corrected chi connectivity index (χ2v) is 10.4. The van der Waals surface area contributed by atoms with E-state index < -0.39 is 11.6 Å². The molecule has 3 aliphatic rings. The molecular weight excluding hydrogens is 430 g/mol. The molecule has 1 aliphatic carbocycles. The fourth-order valence-corrected chi connectivity index (χ4v) is 5.43. The topological polar surface area (TPSA) is 93.8 Å². The predicted molar refractivity (Wildman–Crippen MR) is 131 cm³/mol. The third-order valence-corrected chi connectivity index (χ3v) is 7.82. The first kappa shape index (κ1) is 24.7. The molecule has 4 amide bonds. The van der Waals surface area contributed by atoms with E-state index in [1.807, 2.05) is 6.07 Å². The molecule has 186 valence electrons. The fourth-order valence-electron chi connectivity index (χ4n) is 5.43. The summed E-state index contributed by atoms with van der Waals surface area (Å²) in [5, 5.41) is 2.89. The van der Waals surface area contributed by atoms with Crippen molar-refractivity contribution >= 4 is 17.8 Å². The number of carbonyl (C=O) groups is 3. The van der Waals surface area contributed by atoms with Crippen LogP contribution in [-0.2, 0) is 9.59 Å². The van der Waals surface area contributed by atoms with Crippen LogP contribution in [0.4, 0.5) is 4.79 Å². The van der Waals surface area contributed by atoms with Gasteiger partial charge < -0.3 is 10.2 Å². The lowest BCUT2D eigenvalue weighted by Gasteiger charge is -2.33. The van der Waals surface area contributed by atoms with E-state index in [1.165, 1.54) is 5.56 Å². The minimum Gasteiger partial charge on any atom is -0.344 e. The highest BCUT2D eigenvalue weighted by atomic mass is 16.2. The Morgan fingerprint density at radius 3 is 2.56 bits per heavy atom. The quantitative estimate of drug-likeness (QED) is 0.382. The van der Waals surface area contributed by atoms with Gasteiger partial charge in [0.05, 0.1) is 0 Å². The molecule has 0 radical (unpaired) electrons. The number of benzene rings is 1. The van der Waals surface area contributed by atoms with Crippen molar-refractivity contribution in [3.05, 3.63) is 35.9 Å². The molecule has 2 unspecified atom stereocenters. The zero-order valence-corrected chi connectivity index (χ0v) is 20.5. The zero-order valence-electron chi connectivity index (χ0n) is 20.5. The summed E-state index contributed by atoms with van der Waals surface area (Å²) < 4.78 is 0. The SMILES string of the molecule is CC1CCC2(CC1)NC(=O)N(CC(=O)N(C)CCCCCC1CC(c3ccccc3)NN1)C2=O. The van der Waals surface area contributed by atoms with Crippen molar-refractivity contribution in [1.82, 2.24) is 26.0 Å². The summed E-state index contributed by atoms with van der Waals surface area (Å²) in [5.74, 6) is 0.165. The summed E-state index contributed by atoms with van der Waals surface area (Å²) in [5.41, 5.74) is 7.33. The number of urea groups is 1. The van der Waals surface area contributed by atoms with Gasteiger partial charge in [0.25, 0.3) is 5.91 Å². The second-order valence-electron chi connectivity index (χ2n) is 10.4. The molecule has 2 saturated heterocycles. The van der Waals surface area contributed by atoms with Crippen molar-refractivity contribution in [3.63, 3.8) is 0 Å². The van der Waals surface area contributed by atoms with Gasteiger partial charge in [0.15, 0.2) is 0 Å². The number of hydrogen-bond acceptors (Lipinski definition) is 5. The molecule has 3 N–H and O–H groups in total. The molecule has 1 aromatic carbocycles. The van der Waals surface area contributed by atoms with Gasteiger partial charge in [-0.05, 0) is 56.4 Å². The number of likely N-dealkylation sites (N-methyl/N-ethyl adjacent to an activating group) is 1. The van der Waals surface area contributed by atoms with Crippen molar-refractivity contribution in [2.24, 2.45) is 5.92 Å². The third kappa shape index (κ3) is 5.61. The maximum Gasteiger partial charge on any atom is 0.325 e. The molecule has 8 heteroatoms. The first-order valence-corrected chi connectivity index (χ1v) is 12.8. The predicted octanol–water partition coefficient (Wildman–Crippen LogP) is 3.11. The van der Waals surface area contributed by atoms with Crippen LogP contribution < -0.4 is 16.2 Å². The van der Waals surface area contributed by atoms with Gasteiger partial charge in [-0.3, -0.25) is 25.3 Å². The molecule has 3 fully saturated rings. The highest BCUT2D eigenvalue weighted by molar-refractivity contribution is 6.09. The van der Waals surface area contributed by atoms with Gasteiger partial charge in [-0.1, -0.05) is 50.1 Å². The van der Waals surface area contributed by atoms with E-state index in [-0.39, 0.29) is 18.4 Å². The summed E-state index contributed by atoms with van der Waals surface area (Å²) in [6.45, 7) is 2.64. The molecule has 2 aliphatic heterocycles. The number of unbranched alkanes of at least 4 members (excludes halogenated alkanes) is 2. The number of rotatable bonds is 9. The molecule has 2 heterocycles. The Morgan fingerprint density at radius 1 is 1.09 bits per heavy atom. The Bertz CT molecular complexity index is 868. The smallest absolute Gasteiger partial charge is 0.325 e. The van der Waals surface area contributed by atoms with Gasteiger partial charge in [0.2, 0.25) is 5.91 Å². The van der Waals surface area contributed by atoms with Gasteiger partial charge in [0.1, 0.15) is 12.1 Å². The molecule has 1 saturated carbocycles. The number of nitrogens with zero attached hydrogens (tertiary/aromatic N) is 2. The van der Waals surface area contributed by atoms with Crippen molar-refractivity contribution in [2.75, 3.05) is 20.1 Å². The Balaban J connectivity index is 1.13. The first-order valence-electron chi connectivity index (χ1n) is 12.8. The summed E-state index contributed by atoms with van der Waals surface area (Å²) in [6, 6.07) is 10.9. The normalized spacial score (nSPS) is 29.0. The summed E-state index contributed by atoms with van der Waals surface area (Å²) in [7, 11) is 1.76. The maximum atomic E-state index is 13.0. The van der Waals surface area contributed by atoms with Crippen LogP contribution in [0.25, 0.3) is 0 Å². The van der Waals surface area contributed by atoms with Gasteiger partial charge in [-0.15, -0.1) is 0 Å². The summed E-state index contributed by atoms with van der Waals surface area (Å²) >= 11 is 0. The minimum atomic E-state index is -0.787. The molecular formula is C26H39N5O3. The van der Waals surface area contributed by atoms with Crippen LogP contribution in [0.1, 0.15) is 76.3 Å². The number of hydrogen-bond donors (Lipinski definition) is 3. The Labute approximate surface area is 202 Å². The van der Waals surface area contributed by atoms with Crippen molar-refractivity contribution in [1.29, 1.82) is 0 Å². The lowest BCUT2D eigenvalue weighted by molar-refractivity contribution is -0.139. The van der Waals surface area contributed by atoms with Crippen molar-refractivity contribution in [2.45, 2.75) is 82.3 Å². The van der Waals surface area contributed by atoms with Gasteiger partial charge in [-0.25, -0.2) is 4.79 Å². The van der Waals surface area contributed by atoms with E-state index in [0.717, 1.165) is 49.8 Å². The Hall–Kier alpha value is -2.45. The van der Waals surface area contributed by atoms with Crippen LogP contribution in [0.5, 0.6) is 0 Å². The lowest BCUT2D eigenvalue weighted by Crippen LogP contribution is -2.50. The average Bonchev–Trinajstić information content (AvgIpc) is 3.40. The summed E-state index contributed by atoms with van der Waals surface area (Å²) in [4.78, 5) is 40.9. The molecule has 1 aromatic rings. The maximum absolute atomic E-state index is 13.0. The first-order chi connectivity index (χ1) is 16.4. The van der Waals surface area contributed by atoms with Gasteiger partial charge >= 0.3 is 6.03 Å². The Morgan fingerprint density at radius 2 is 1.82 bits per heavy atom. The highest BCUT2D eigenvalue weighted by Gasteiger charge is 2.52. The molecule has 34 heavy (non-hydrogen) atoms. The third-order valence-electron chi connectivity index (χ3n) is 7.82. The number of imide groups is 1. The summed E-state index contributed by atoms with van der Waals surface area (Å²) in [6.07, 6.45) is 8.39. The van der Waals surface area contributed by atoms with Crippen LogP contribution in [0.2, 0.25) is 0 Å². The van der Waals surface area contributed by atoms with E-state index >= 15 is 0 Å². The highest BCUT2D eigenvalue weighted by Crippen LogP contribution is 2.36. The standard InChI is InChI=1S/C26H39N5O3/c1-19-12-14-26(15-13-19)24(33)31(25(34)27-26)18-23(32)30(2)16-8-4-7-11-21-17-22(29-28-21)20-9-5-3-6-10-20/h3,5-6,9-10,19,21-22,28-29H,4,7-8,11-18H2,1-2H3,(H,27,34). The zero-order chi connectivity index (χ0) is 24.1. The van der Waals surface area contributed by atoms with E-state index in [1.54, 1.807) is 11.9 Å². The molecule has 1 spiro atoms. The molecule has 0 bridgehead atoms. The van der Waals surface area contributed by atoms with Crippen LogP contribution in [0, 0.1) is 5.92 Å². The number of carbonyl (C=O) groups excluding carboxylic acids is 3. The van der Waals surface area contributed by atoms with E-state index in [9.17, 15) is 14.4 Å². The van der Waals surface area contributed by atoms with E-state index in [4.69, 9.17) is 0 Å². The van der Waals surface area contributed by atoms with Crippen LogP contribution in [0.3, 0.4) is 0 Å². The molecule has 0 aromatic heterocycles. The molecule has 2 atom stereocenters. The number of hydrazine groups is 1. The van der Waals surface area contributed by atoms with E-state index in [2.05, 4.69) is 47.4 Å². The average molecular weight is 470 g/mol. The van der Waals surface area contributed by atoms with Gasteiger partial charge in [-0.2, -0.15) is 0 Å². The minimum absolute atomic E-state index is 0.170. The lowest BCUT2D eigenvalue weighted by atomic mass is 9.77. The fraction of sp³-hybridized carbons (Fsp3) is 0.654.